The Morgan fingerprint density at radius 2 is 1.86 bits per heavy atom. The van der Waals surface area contributed by atoms with Crippen molar-refractivity contribution in [2.24, 2.45) is 0 Å². The first kappa shape index (κ1) is 21.7. The number of nitrogens with zero attached hydrogens (tertiary/aromatic N) is 3. The fourth-order valence-corrected chi connectivity index (χ4v) is 4.09. The molecule has 0 aliphatic carbocycles. The van der Waals surface area contributed by atoms with E-state index in [4.69, 9.17) is 23.2 Å². The van der Waals surface area contributed by atoms with Crippen LogP contribution in [0.15, 0.2) is 70.6 Å². The minimum absolute atomic E-state index is 0.0496. The Labute approximate surface area is 183 Å². The van der Waals surface area contributed by atoms with Crippen LogP contribution in [0.25, 0.3) is 0 Å². The van der Waals surface area contributed by atoms with E-state index in [1.54, 1.807) is 12.3 Å². The number of rotatable bonds is 6. The van der Waals surface area contributed by atoms with E-state index in [1.807, 2.05) is 37.4 Å². The van der Waals surface area contributed by atoms with E-state index >= 15 is 0 Å². The number of aromatic hydroxyl groups is 1. The second-order valence-corrected chi connectivity index (χ2v) is 8.06. The molecule has 0 spiro atoms. The van der Waals surface area contributed by atoms with Gasteiger partial charge in [0, 0.05) is 49.2 Å². The van der Waals surface area contributed by atoms with E-state index in [0.29, 0.717) is 15.8 Å². The Morgan fingerprint density at radius 1 is 1.14 bits per heavy atom. The summed E-state index contributed by atoms with van der Waals surface area (Å²) in [6.07, 6.45) is 6.67. The summed E-state index contributed by atoms with van der Waals surface area (Å²) >= 11 is 12.7. The molecule has 1 aliphatic rings. The highest BCUT2D eigenvalue weighted by molar-refractivity contribution is 6.40. The summed E-state index contributed by atoms with van der Waals surface area (Å²) in [5.74, 6) is 0.305. The zero-order valence-corrected chi connectivity index (χ0v) is 18.4. The maximum Gasteiger partial charge on any atom is 0.120 e. The van der Waals surface area contributed by atoms with E-state index in [0.717, 1.165) is 49.4 Å². The Hall–Kier alpha value is -2.01. The van der Waals surface area contributed by atoms with Crippen molar-refractivity contribution in [3.63, 3.8) is 0 Å². The number of hydrogen-bond acceptors (Lipinski definition) is 4. The van der Waals surface area contributed by atoms with Crippen LogP contribution in [0.3, 0.4) is 0 Å². The summed E-state index contributed by atoms with van der Waals surface area (Å²) in [7, 11) is 0. The van der Waals surface area contributed by atoms with Crippen molar-refractivity contribution < 1.29 is 5.11 Å². The fourth-order valence-electron chi connectivity index (χ4n) is 3.79. The predicted octanol–water partition coefficient (Wildman–Crippen LogP) is 5.50. The summed E-state index contributed by atoms with van der Waals surface area (Å²) in [6.45, 7) is 7.24. The number of pyridine rings is 1. The van der Waals surface area contributed by atoms with Crippen LogP contribution >= 0.6 is 23.2 Å². The Bertz CT molecular complexity index is 871. The molecule has 3 rings (SSSR count). The average molecular weight is 432 g/mol. The van der Waals surface area contributed by atoms with Gasteiger partial charge in [-0.05, 0) is 31.0 Å². The van der Waals surface area contributed by atoms with Gasteiger partial charge in [0.1, 0.15) is 5.75 Å². The van der Waals surface area contributed by atoms with Crippen LogP contribution in [0, 0.1) is 0 Å². The van der Waals surface area contributed by atoms with Gasteiger partial charge in [0.25, 0.3) is 0 Å². The number of phenolic OH excluding ortho intramolecular Hbond substituents is 1. The van der Waals surface area contributed by atoms with Crippen LogP contribution < -0.4 is 0 Å². The van der Waals surface area contributed by atoms with Gasteiger partial charge >= 0.3 is 0 Å². The molecular weight excluding hydrogens is 405 g/mol. The molecule has 1 saturated heterocycles. The molecule has 0 saturated carbocycles. The maximum atomic E-state index is 10.5. The highest BCUT2D eigenvalue weighted by Gasteiger charge is 2.29. The third kappa shape index (κ3) is 5.13. The first-order valence-corrected chi connectivity index (χ1v) is 10.7. The zero-order chi connectivity index (χ0) is 20.8. The number of benzene rings is 1. The second kappa shape index (κ2) is 10.1. The van der Waals surface area contributed by atoms with Crippen LogP contribution in [0.2, 0.25) is 0 Å². The van der Waals surface area contributed by atoms with Crippen molar-refractivity contribution >= 4 is 23.2 Å². The first-order valence-electron chi connectivity index (χ1n) is 9.92. The highest BCUT2D eigenvalue weighted by atomic mass is 35.5. The van der Waals surface area contributed by atoms with E-state index in [2.05, 4.69) is 33.8 Å². The fraction of sp³-hybridized carbons (Fsp3) is 0.348. The van der Waals surface area contributed by atoms with Crippen LogP contribution in [0.5, 0.6) is 5.75 Å². The molecular formula is C23H27Cl2N3O. The van der Waals surface area contributed by atoms with Crippen molar-refractivity contribution in [1.82, 2.24) is 14.8 Å². The standard InChI is InChI=1S/C23H27Cl2N3O/c1-3-7-20(22(25)17(2)24)27-12-14-28(15-13-27)23(18-8-6-11-26-16-18)19-9-4-5-10-21(19)29/h4-11,16,23,29H,3,12-15H2,1-2H3/b20-7+,22-17-. The van der Waals surface area contributed by atoms with Gasteiger partial charge in [0.2, 0.25) is 0 Å². The number of phenols is 1. The van der Waals surface area contributed by atoms with Gasteiger partial charge in [-0.15, -0.1) is 0 Å². The second-order valence-electron chi connectivity index (χ2n) is 7.12. The smallest absolute Gasteiger partial charge is 0.120 e. The van der Waals surface area contributed by atoms with E-state index in [-0.39, 0.29) is 6.04 Å². The van der Waals surface area contributed by atoms with Gasteiger partial charge in [-0.3, -0.25) is 9.88 Å². The SMILES string of the molecule is CC/C=C(\C(Cl)=C(/C)Cl)N1CCN(C(c2cccnc2)c2ccccc2O)CC1. The van der Waals surface area contributed by atoms with Gasteiger partial charge < -0.3 is 10.0 Å². The number of piperazine rings is 1. The van der Waals surface area contributed by atoms with E-state index in [9.17, 15) is 5.11 Å². The zero-order valence-electron chi connectivity index (χ0n) is 16.9. The van der Waals surface area contributed by atoms with Crippen molar-refractivity contribution in [3.8, 4) is 5.75 Å². The predicted molar refractivity (Wildman–Crippen MR) is 120 cm³/mol. The highest BCUT2D eigenvalue weighted by Crippen LogP contribution is 2.35. The lowest BCUT2D eigenvalue weighted by Crippen LogP contribution is -2.47. The molecule has 2 heterocycles. The summed E-state index contributed by atoms with van der Waals surface area (Å²) in [4.78, 5) is 8.98. The molecule has 1 aliphatic heterocycles. The average Bonchev–Trinajstić information content (AvgIpc) is 2.74. The molecule has 154 valence electrons. The molecule has 1 atom stereocenters. The summed E-state index contributed by atoms with van der Waals surface area (Å²) in [6, 6.07) is 11.5. The monoisotopic (exact) mass is 431 g/mol. The molecule has 0 radical (unpaired) electrons. The molecule has 1 unspecified atom stereocenters. The lowest BCUT2D eigenvalue weighted by Gasteiger charge is -2.41. The normalized spacial score (nSPS) is 17.8. The Balaban J connectivity index is 1.85. The number of aromatic nitrogens is 1. The largest absolute Gasteiger partial charge is 0.508 e. The summed E-state index contributed by atoms with van der Waals surface area (Å²) < 4.78 is 0. The third-order valence-corrected chi connectivity index (χ3v) is 5.94. The van der Waals surface area contributed by atoms with Gasteiger partial charge in [-0.2, -0.15) is 0 Å². The van der Waals surface area contributed by atoms with Crippen molar-refractivity contribution in [2.75, 3.05) is 26.2 Å². The molecule has 1 N–H and O–H groups in total. The van der Waals surface area contributed by atoms with Gasteiger partial charge in [-0.1, -0.05) is 60.5 Å². The molecule has 1 aromatic carbocycles. The molecule has 0 amide bonds. The van der Waals surface area contributed by atoms with Crippen molar-refractivity contribution in [3.05, 3.63) is 81.8 Å². The number of halogens is 2. The number of hydrogen-bond donors (Lipinski definition) is 1. The number of allylic oxidation sites excluding steroid dienone is 3. The topological polar surface area (TPSA) is 39.6 Å². The summed E-state index contributed by atoms with van der Waals surface area (Å²) in [5.41, 5.74) is 2.97. The lowest BCUT2D eigenvalue weighted by molar-refractivity contribution is 0.132. The minimum Gasteiger partial charge on any atom is -0.508 e. The molecule has 0 bridgehead atoms. The summed E-state index contributed by atoms with van der Waals surface area (Å²) in [5, 5.41) is 11.7. The van der Waals surface area contributed by atoms with E-state index in [1.165, 1.54) is 0 Å². The molecule has 2 aromatic rings. The first-order chi connectivity index (χ1) is 14.0. The molecule has 1 aromatic heterocycles. The van der Waals surface area contributed by atoms with Crippen LogP contribution in [0.1, 0.15) is 37.4 Å². The van der Waals surface area contributed by atoms with Gasteiger partial charge in [-0.25, -0.2) is 0 Å². The van der Waals surface area contributed by atoms with E-state index < -0.39 is 0 Å². The maximum absolute atomic E-state index is 10.5. The molecule has 29 heavy (non-hydrogen) atoms. The van der Waals surface area contributed by atoms with Gasteiger partial charge in [0.05, 0.1) is 16.8 Å². The van der Waals surface area contributed by atoms with Crippen molar-refractivity contribution in [2.45, 2.75) is 26.3 Å². The lowest BCUT2D eigenvalue weighted by atomic mass is 9.96. The van der Waals surface area contributed by atoms with Crippen LogP contribution in [0.4, 0.5) is 0 Å². The quantitative estimate of drug-likeness (QED) is 0.613. The van der Waals surface area contributed by atoms with Crippen LogP contribution in [-0.2, 0) is 0 Å². The van der Waals surface area contributed by atoms with Crippen molar-refractivity contribution in [1.29, 1.82) is 0 Å². The minimum atomic E-state index is -0.0496. The Morgan fingerprint density at radius 3 is 2.45 bits per heavy atom. The molecule has 4 nitrogen and oxygen atoms in total. The Kier molecular flexibility index (Phi) is 7.59. The third-order valence-electron chi connectivity index (χ3n) is 5.18. The number of para-hydroxylation sites is 1. The molecule has 1 fully saturated rings. The van der Waals surface area contributed by atoms with Gasteiger partial charge in [0.15, 0.2) is 0 Å². The molecule has 6 heteroatoms. The van der Waals surface area contributed by atoms with Crippen LogP contribution in [-0.4, -0.2) is 46.1 Å².